The zero-order valence-electron chi connectivity index (χ0n) is 14.3. The van der Waals surface area contributed by atoms with Crippen molar-refractivity contribution in [2.75, 3.05) is 6.54 Å². The SMILES string of the molecule is C[C@@H]1c2ncc(COCc3ccccn3)n2CCN1Cc1ccsc1. The fraction of sp³-hybridized carbons (Fsp3) is 0.368. The Hall–Kier alpha value is -2.02. The van der Waals surface area contributed by atoms with Crippen LogP contribution in [0.25, 0.3) is 0 Å². The van der Waals surface area contributed by atoms with Crippen LogP contribution in [0.5, 0.6) is 0 Å². The summed E-state index contributed by atoms with van der Waals surface area (Å²) in [5.74, 6) is 1.14. The summed E-state index contributed by atoms with van der Waals surface area (Å²) >= 11 is 1.76. The third-order valence-electron chi connectivity index (χ3n) is 4.69. The van der Waals surface area contributed by atoms with Gasteiger partial charge in [-0.15, -0.1) is 0 Å². The highest BCUT2D eigenvalue weighted by Crippen LogP contribution is 2.27. The first kappa shape index (κ1) is 16.4. The summed E-state index contributed by atoms with van der Waals surface area (Å²) < 4.78 is 8.15. The maximum absolute atomic E-state index is 5.84. The van der Waals surface area contributed by atoms with Crippen LogP contribution in [0.15, 0.2) is 47.4 Å². The quantitative estimate of drug-likeness (QED) is 0.678. The topological polar surface area (TPSA) is 43.2 Å². The van der Waals surface area contributed by atoms with E-state index >= 15 is 0 Å². The van der Waals surface area contributed by atoms with E-state index in [-0.39, 0.29) is 0 Å². The molecule has 4 rings (SSSR count). The summed E-state index contributed by atoms with van der Waals surface area (Å²) in [6.45, 7) is 6.33. The summed E-state index contributed by atoms with van der Waals surface area (Å²) in [4.78, 5) is 11.4. The Labute approximate surface area is 151 Å². The predicted molar refractivity (Wildman–Crippen MR) is 98.1 cm³/mol. The van der Waals surface area contributed by atoms with E-state index in [1.807, 2.05) is 24.4 Å². The molecule has 0 spiro atoms. The molecule has 1 aliphatic rings. The van der Waals surface area contributed by atoms with Crippen molar-refractivity contribution in [2.24, 2.45) is 0 Å². The van der Waals surface area contributed by atoms with E-state index < -0.39 is 0 Å². The fourth-order valence-electron chi connectivity index (χ4n) is 3.30. The van der Waals surface area contributed by atoms with Crippen molar-refractivity contribution in [2.45, 2.75) is 39.3 Å². The van der Waals surface area contributed by atoms with E-state index in [0.717, 1.165) is 36.8 Å². The van der Waals surface area contributed by atoms with Gasteiger partial charge in [-0.25, -0.2) is 4.98 Å². The third-order valence-corrected chi connectivity index (χ3v) is 5.43. The van der Waals surface area contributed by atoms with Gasteiger partial charge in [0, 0.05) is 25.8 Å². The lowest BCUT2D eigenvalue weighted by molar-refractivity contribution is 0.0949. The molecule has 0 radical (unpaired) electrons. The van der Waals surface area contributed by atoms with Gasteiger partial charge in [-0.1, -0.05) is 6.07 Å². The molecule has 3 aromatic heterocycles. The van der Waals surface area contributed by atoms with E-state index in [4.69, 9.17) is 4.74 Å². The molecular formula is C19H22N4OS. The van der Waals surface area contributed by atoms with Gasteiger partial charge in [0.2, 0.25) is 0 Å². The van der Waals surface area contributed by atoms with Gasteiger partial charge in [0.15, 0.2) is 0 Å². The molecule has 0 saturated carbocycles. The predicted octanol–water partition coefficient (Wildman–Crippen LogP) is 3.63. The third kappa shape index (κ3) is 3.66. The molecule has 5 nitrogen and oxygen atoms in total. The largest absolute Gasteiger partial charge is 0.369 e. The number of imidazole rings is 1. The van der Waals surface area contributed by atoms with Crippen molar-refractivity contribution in [1.29, 1.82) is 0 Å². The highest BCUT2D eigenvalue weighted by atomic mass is 32.1. The van der Waals surface area contributed by atoms with Gasteiger partial charge in [0.05, 0.1) is 36.8 Å². The first-order valence-electron chi connectivity index (χ1n) is 8.58. The molecule has 4 heterocycles. The van der Waals surface area contributed by atoms with Gasteiger partial charge >= 0.3 is 0 Å². The minimum atomic E-state index is 0.318. The number of pyridine rings is 1. The summed E-state index contributed by atoms with van der Waals surface area (Å²) in [7, 11) is 0. The lowest BCUT2D eigenvalue weighted by atomic mass is 10.2. The van der Waals surface area contributed by atoms with Crippen LogP contribution in [-0.4, -0.2) is 26.0 Å². The second-order valence-electron chi connectivity index (χ2n) is 6.35. The van der Waals surface area contributed by atoms with E-state index in [2.05, 4.69) is 43.2 Å². The first-order chi connectivity index (χ1) is 12.3. The van der Waals surface area contributed by atoms with Crippen molar-refractivity contribution in [3.05, 3.63) is 70.2 Å². The second-order valence-corrected chi connectivity index (χ2v) is 7.13. The lowest BCUT2D eigenvalue weighted by Gasteiger charge is -2.34. The van der Waals surface area contributed by atoms with Gasteiger partial charge in [-0.05, 0) is 41.4 Å². The van der Waals surface area contributed by atoms with Crippen LogP contribution in [0.1, 0.15) is 35.7 Å². The number of hydrogen-bond acceptors (Lipinski definition) is 5. The molecule has 130 valence electrons. The first-order valence-corrected chi connectivity index (χ1v) is 9.52. The molecule has 3 aromatic rings. The van der Waals surface area contributed by atoms with Gasteiger partial charge in [0.1, 0.15) is 5.82 Å². The maximum atomic E-state index is 5.84. The lowest BCUT2D eigenvalue weighted by Crippen LogP contribution is -2.37. The van der Waals surface area contributed by atoms with Crippen LogP contribution in [0, 0.1) is 0 Å². The van der Waals surface area contributed by atoms with E-state index in [0.29, 0.717) is 19.3 Å². The zero-order valence-corrected chi connectivity index (χ0v) is 15.2. The molecule has 1 atom stereocenters. The van der Waals surface area contributed by atoms with Crippen LogP contribution < -0.4 is 0 Å². The van der Waals surface area contributed by atoms with Gasteiger partial charge < -0.3 is 9.30 Å². The van der Waals surface area contributed by atoms with Crippen LogP contribution in [-0.2, 0) is 31.0 Å². The number of aromatic nitrogens is 3. The summed E-state index contributed by atoms with van der Waals surface area (Å²) in [5.41, 5.74) is 3.49. The van der Waals surface area contributed by atoms with Gasteiger partial charge in [0.25, 0.3) is 0 Å². The smallest absolute Gasteiger partial charge is 0.126 e. The van der Waals surface area contributed by atoms with E-state index in [9.17, 15) is 0 Å². The Balaban J connectivity index is 1.39. The zero-order chi connectivity index (χ0) is 17.1. The summed E-state index contributed by atoms with van der Waals surface area (Å²) in [6.07, 6.45) is 3.75. The van der Waals surface area contributed by atoms with Crippen LogP contribution >= 0.6 is 11.3 Å². The van der Waals surface area contributed by atoms with Crippen molar-refractivity contribution in [3.63, 3.8) is 0 Å². The average Bonchev–Trinajstić information content (AvgIpc) is 3.29. The van der Waals surface area contributed by atoms with E-state index in [1.54, 1.807) is 17.5 Å². The van der Waals surface area contributed by atoms with Crippen molar-refractivity contribution < 1.29 is 4.74 Å². The molecule has 25 heavy (non-hydrogen) atoms. The molecule has 0 unspecified atom stereocenters. The van der Waals surface area contributed by atoms with Crippen LogP contribution in [0.4, 0.5) is 0 Å². The minimum absolute atomic E-state index is 0.318. The Kier molecular flexibility index (Phi) is 4.92. The number of thiophene rings is 1. The number of fused-ring (bicyclic) bond motifs is 1. The minimum Gasteiger partial charge on any atom is -0.369 e. The van der Waals surface area contributed by atoms with Crippen molar-refractivity contribution >= 4 is 11.3 Å². The number of hydrogen-bond donors (Lipinski definition) is 0. The molecular weight excluding hydrogens is 332 g/mol. The molecule has 0 aliphatic carbocycles. The molecule has 0 saturated heterocycles. The molecule has 0 amide bonds. The van der Waals surface area contributed by atoms with E-state index in [1.165, 1.54) is 5.56 Å². The number of ether oxygens (including phenoxy) is 1. The highest BCUT2D eigenvalue weighted by Gasteiger charge is 2.27. The maximum Gasteiger partial charge on any atom is 0.126 e. The average molecular weight is 354 g/mol. The molecule has 1 aliphatic heterocycles. The summed E-state index contributed by atoms with van der Waals surface area (Å²) in [5, 5.41) is 4.37. The molecule has 6 heteroatoms. The van der Waals surface area contributed by atoms with Gasteiger partial charge in [-0.3, -0.25) is 9.88 Å². The number of rotatable bonds is 6. The number of nitrogens with zero attached hydrogens (tertiary/aromatic N) is 4. The Morgan fingerprint density at radius 3 is 2.96 bits per heavy atom. The molecule has 0 aromatic carbocycles. The monoisotopic (exact) mass is 354 g/mol. The summed E-state index contributed by atoms with van der Waals surface area (Å²) in [6, 6.07) is 8.40. The molecule has 0 N–H and O–H groups in total. The van der Waals surface area contributed by atoms with Crippen molar-refractivity contribution in [1.82, 2.24) is 19.4 Å². The van der Waals surface area contributed by atoms with Crippen molar-refractivity contribution in [3.8, 4) is 0 Å². The van der Waals surface area contributed by atoms with Crippen LogP contribution in [0.2, 0.25) is 0 Å². The second kappa shape index (κ2) is 7.47. The standard InChI is InChI=1S/C19H22N4OS/c1-15-19-21-10-18(13-24-12-17-4-2-3-6-20-17)23(19)8-7-22(15)11-16-5-9-25-14-16/h2-6,9-10,14-15H,7-8,11-13H2,1H3/t15-/m1/s1. The normalized spacial score (nSPS) is 17.6. The molecule has 0 fully saturated rings. The van der Waals surface area contributed by atoms with Gasteiger partial charge in [-0.2, -0.15) is 11.3 Å². The fourth-order valence-corrected chi connectivity index (χ4v) is 3.96. The van der Waals surface area contributed by atoms with Crippen LogP contribution in [0.3, 0.4) is 0 Å². The Morgan fingerprint density at radius 2 is 2.16 bits per heavy atom. The highest BCUT2D eigenvalue weighted by molar-refractivity contribution is 7.07. The molecule has 0 bridgehead atoms. The Bertz CT molecular complexity index is 800. The Morgan fingerprint density at radius 1 is 1.20 bits per heavy atom.